The average molecular weight is 502 g/mol. The molecule has 0 bridgehead atoms. The Hall–Kier alpha value is 3.94. The summed E-state index contributed by atoms with van der Waals surface area (Å²) in [4.78, 5) is 0. The zero-order valence-electron chi connectivity index (χ0n) is 2.09. The fourth-order valence-electron chi connectivity index (χ4n) is 0. The molecule has 0 heterocycles. The Morgan fingerprint density at radius 3 is 0.500 bits per heavy atom. The molecule has 4 heteroatoms. The predicted molar refractivity (Wildman–Crippen MR) is 17.3 cm³/mol. The van der Waals surface area contributed by atoms with Crippen LogP contribution in [0.25, 0.3) is 0 Å². The van der Waals surface area contributed by atoms with Crippen molar-refractivity contribution in [2.45, 2.75) is 0 Å². The normalized spacial score (nSPS) is 0. The molecule has 0 aromatic carbocycles. The van der Waals surface area contributed by atoms with Gasteiger partial charge in [0.1, 0.15) is 0 Å². The molecule has 0 aliphatic heterocycles. The van der Waals surface area contributed by atoms with Crippen molar-refractivity contribution in [2.75, 3.05) is 0 Å². The minimum absolute atomic E-state index is 0. The molecule has 0 amide bonds. The summed E-state index contributed by atoms with van der Waals surface area (Å²) in [6.07, 6.45) is 0. The fourth-order valence-corrected chi connectivity index (χ4v) is 0. The summed E-state index contributed by atoms with van der Waals surface area (Å²) in [6.45, 7) is 0. The van der Waals surface area contributed by atoms with Crippen LogP contribution < -0.4 is 0 Å². The van der Waals surface area contributed by atoms with Crippen LogP contribution in [0.2, 0.25) is 0 Å². The van der Waals surface area contributed by atoms with Crippen LogP contribution in [0.5, 0.6) is 0 Å². The first-order valence-corrected chi connectivity index (χ1v) is 0. The van der Waals surface area contributed by atoms with E-state index in [0.717, 1.165) is 0 Å². The average Bonchev–Trinajstić information content (AvgIpc) is 0. The molecule has 0 fully saturated rings. The van der Waals surface area contributed by atoms with E-state index in [0.29, 0.717) is 0 Å². The van der Waals surface area contributed by atoms with Crippen LogP contribution in [0.1, 0.15) is 0 Å². The van der Waals surface area contributed by atoms with Crippen molar-refractivity contribution in [1.29, 1.82) is 0 Å². The van der Waals surface area contributed by atoms with Crippen LogP contribution >= 0.6 is 0 Å². The molecule has 0 atom stereocenters. The maximum Gasteiger partial charge on any atom is 0 e. The van der Waals surface area contributed by atoms with Gasteiger partial charge in [0.2, 0.25) is 0 Å². The molecular weight excluding hydrogens is 502 g/mol. The smallest absolute Gasteiger partial charge is 0 e. The van der Waals surface area contributed by atoms with Crippen molar-refractivity contribution >= 4 is 77.5 Å². The van der Waals surface area contributed by atoms with Crippen LogP contribution in [0.4, 0.5) is 0 Å². The molecule has 0 spiro atoms. The Bertz CT molecular complexity index is 3.25. The Balaban J connectivity index is 0. The fraction of sp³-hybridized carbons (Fsp3) is 0. The predicted octanol–water partition coefficient (Wildman–Crippen LogP) is -1.14. The molecule has 0 saturated heterocycles. The van der Waals surface area contributed by atoms with E-state index in [1.165, 1.54) is 0 Å². The molecule has 0 aliphatic rings. The Morgan fingerprint density at radius 2 is 0.500 bits per heavy atom. The first-order chi connectivity index (χ1) is 0. The van der Waals surface area contributed by atoms with Crippen LogP contribution in [0.15, 0.2) is 0 Å². The SMILES string of the molecule is [Gd].[In].[In].[In]. The third-order valence-electron chi connectivity index (χ3n) is 0. The molecule has 0 aromatic rings. The molecular formula is GdIn3. The topological polar surface area (TPSA) is 0 Å². The van der Waals surface area contributed by atoms with Gasteiger partial charge in [-0.05, 0) is 0 Å². The van der Waals surface area contributed by atoms with Gasteiger partial charge in [-0.3, -0.25) is 0 Å². The van der Waals surface area contributed by atoms with Gasteiger partial charge >= 0.3 is 0 Å². The molecule has 0 rings (SSSR count). The monoisotopic (exact) mass is 503 g/mol. The first kappa shape index (κ1) is 24.6. The third-order valence-corrected chi connectivity index (χ3v) is 0. The zero-order valence-corrected chi connectivity index (χ0v) is 14.2. The van der Waals surface area contributed by atoms with Crippen LogP contribution in [0.3, 0.4) is 0 Å². The second-order valence-electron chi connectivity index (χ2n) is 0. The van der Waals surface area contributed by atoms with Gasteiger partial charge in [0.15, 0.2) is 0 Å². The maximum absolute atomic E-state index is 0. The Kier molecular flexibility index (Phi) is 97.2. The van der Waals surface area contributed by atoms with Crippen LogP contribution in [-0.2, 0) is 0 Å². The van der Waals surface area contributed by atoms with E-state index >= 15 is 0 Å². The summed E-state index contributed by atoms with van der Waals surface area (Å²) in [6, 6.07) is 0. The summed E-state index contributed by atoms with van der Waals surface area (Å²) in [5, 5.41) is 0. The minimum Gasteiger partial charge on any atom is 0 e. The zero-order chi connectivity index (χ0) is 0. The molecule has 0 N–H and O–H groups in total. The summed E-state index contributed by atoms with van der Waals surface area (Å²) in [5.74, 6) is 0. The van der Waals surface area contributed by atoms with Gasteiger partial charge in [0.25, 0.3) is 0 Å². The quantitative estimate of drug-likeness (QED) is 0.394. The number of hydrogen-bond acceptors (Lipinski definition) is 0. The summed E-state index contributed by atoms with van der Waals surface area (Å²) < 4.78 is 0. The van der Waals surface area contributed by atoms with E-state index in [1.807, 2.05) is 0 Å². The van der Waals surface area contributed by atoms with Crippen molar-refractivity contribution in [3.05, 3.63) is 0 Å². The van der Waals surface area contributed by atoms with Gasteiger partial charge in [0.05, 0.1) is 0 Å². The van der Waals surface area contributed by atoms with Gasteiger partial charge in [-0.1, -0.05) is 0 Å². The second kappa shape index (κ2) is 15.8. The summed E-state index contributed by atoms with van der Waals surface area (Å²) in [5.41, 5.74) is 0. The number of rotatable bonds is 0. The van der Waals surface area contributed by atoms with Gasteiger partial charge in [0, 0.05) is 117 Å². The summed E-state index contributed by atoms with van der Waals surface area (Å²) in [7, 11) is 0. The van der Waals surface area contributed by atoms with Gasteiger partial charge in [-0.2, -0.15) is 0 Å². The molecule has 17 valence electrons. The molecule has 0 unspecified atom stereocenters. The maximum atomic E-state index is 0. The van der Waals surface area contributed by atoms with E-state index in [2.05, 4.69) is 0 Å². The molecule has 9 radical (unpaired) electrons. The van der Waals surface area contributed by atoms with Crippen LogP contribution in [-0.4, -0.2) is 77.5 Å². The molecule has 0 aliphatic carbocycles. The van der Waals surface area contributed by atoms with Crippen molar-refractivity contribution in [3.8, 4) is 0 Å². The molecule has 0 nitrogen and oxygen atoms in total. The van der Waals surface area contributed by atoms with Crippen LogP contribution in [0, 0.1) is 39.9 Å². The van der Waals surface area contributed by atoms with Gasteiger partial charge in [-0.15, -0.1) is 0 Å². The molecule has 0 aromatic heterocycles. The Morgan fingerprint density at radius 1 is 0.500 bits per heavy atom. The first-order valence-electron chi connectivity index (χ1n) is 0. The van der Waals surface area contributed by atoms with Gasteiger partial charge < -0.3 is 0 Å². The minimum atomic E-state index is 0. The van der Waals surface area contributed by atoms with E-state index in [4.69, 9.17) is 0 Å². The standard InChI is InChI=1S/Gd.3In. The van der Waals surface area contributed by atoms with E-state index < -0.39 is 0 Å². The van der Waals surface area contributed by atoms with E-state index in [1.54, 1.807) is 0 Å². The van der Waals surface area contributed by atoms with Crippen molar-refractivity contribution < 1.29 is 39.9 Å². The third kappa shape index (κ3) is 9.33. The van der Waals surface area contributed by atoms with E-state index in [9.17, 15) is 0 Å². The van der Waals surface area contributed by atoms with Crippen molar-refractivity contribution in [2.24, 2.45) is 0 Å². The van der Waals surface area contributed by atoms with Crippen molar-refractivity contribution in [1.82, 2.24) is 0 Å². The van der Waals surface area contributed by atoms with Crippen molar-refractivity contribution in [3.63, 3.8) is 0 Å². The van der Waals surface area contributed by atoms with Gasteiger partial charge in [-0.25, -0.2) is 0 Å². The largest absolute Gasteiger partial charge is 0 e. The van der Waals surface area contributed by atoms with E-state index in [-0.39, 0.29) is 117 Å². The molecule has 0 saturated carbocycles. The molecule has 4 heavy (non-hydrogen) atoms. The second-order valence-corrected chi connectivity index (χ2v) is 0. The Labute approximate surface area is 114 Å². The number of hydrogen-bond donors (Lipinski definition) is 0. The summed E-state index contributed by atoms with van der Waals surface area (Å²) >= 11 is 0.